The molecule has 106 valence electrons. The van der Waals surface area contributed by atoms with E-state index in [2.05, 4.69) is 16.7 Å². The van der Waals surface area contributed by atoms with E-state index in [1.54, 1.807) is 12.1 Å². The molecule has 5 nitrogen and oxygen atoms in total. The van der Waals surface area contributed by atoms with Gasteiger partial charge < -0.3 is 9.73 Å². The first-order chi connectivity index (χ1) is 10.3. The summed E-state index contributed by atoms with van der Waals surface area (Å²) in [5.41, 5.74) is 2.08. The molecule has 0 spiro atoms. The Kier molecular flexibility index (Phi) is 3.61. The van der Waals surface area contributed by atoms with Crippen molar-refractivity contribution in [3.63, 3.8) is 0 Å². The van der Waals surface area contributed by atoms with Gasteiger partial charge in [0, 0.05) is 17.7 Å². The highest BCUT2D eigenvalue weighted by Crippen LogP contribution is 2.32. The minimum absolute atomic E-state index is 0.248. The van der Waals surface area contributed by atoms with Gasteiger partial charge in [0.1, 0.15) is 17.4 Å². The first kappa shape index (κ1) is 13.3. The van der Waals surface area contributed by atoms with Gasteiger partial charge in [0.15, 0.2) is 0 Å². The number of fused-ring (bicyclic) bond motifs is 1. The summed E-state index contributed by atoms with van der Waals surface area (Å²) >= 11 is 0. The predicted molar refractivity (Wildman–Crippen MR) is 79.1 cm³/mol. The van der Waals surface area contributed by atoms with Crippen LogP contribution in [0.5, 0.6) is 0 Å². The van der Waals surface area contributed by atoms with Crippen LogP contribution in [0, 0.1) is 11.3 Å². The first-order valence-corrected chi connectivity index (χ1v) is 6.95. The van der Waals surface area contributed by atoms with Gasteiger partial charge in [0.25, 0.3) is 0 Å². The summed E-state index contributed by atoms with van der Waals surface area (Å²) in [5.74, 6) is 1.07. The van der Waals surface area contributed by atoms with Crippen molar-refractivity contribution in [2.24, 2.45) is 0 Å². The van der Waals surface area contributed by atoms with E-state index in [9.17, 15) is 10.1 Å². The number of aryl methyl sites for hydroxylation is 1. The van der Waals surface area contributed by atoms with Crippen molar-refractivity contribution in [3.05, 3.63) is 47.2 Å². The van der Waals surface area contributed by atoms with Gasteiger partial charge in [-0.15, -0.1) is 0 Å². The molecule has 1 aromatic heterocycles. The predicted octanol–water partition coefficient (Wildman–Crippen LogP) is 3.67. The zero-order valence-electron chi connectivity index (χ0n) is 11.5. The van der Waals surface area contributed by atoms with Crippen LogP contribution in [0.2, 0.25) is 0 Å². The number of amides is 2. The Morgan fingerprint density at radius 3 is 2.67 bits per heavy atom. The number of para-hydroxylation sites is 1. The van der Waals surface area contributed by atoms with Crippen LogP contribution in [-0.2, 0) is 12.8 Å². The van der Waals surface area contributed by atoms with Crippen LogP contribution in [0.1, 0.15) is 29.7 Å². The molecule has 0 unspecified atom stereocenters. The quantitative estimate of drug-likeness (QED) is 0.881. The molecule has 3 rings (SSSR count). The van der Waals surface area contributed by atoms with E-state index in [0.717, 1.165) is 37.0 Å². The van der Waals surface area contributed by atoms with Gasteiger partial charge in [0.2, 0.25) is 5.88 Å². The number of rotatable bonds is 2. The average Bonchev–Trinajstić information content (AvgIpc) is 2.85. The van der Waals surface area contributed by atoms with Crippen LogP contribution in [0.15, 0.2) is 34.7 Å². The molecule has 1 aliphatic carbocycles. The molecule has 2 amide bonds. The maximum atomic E-state index is 12.0. The molecule has 2 N–H and O–H groups in total. The molecule has 0 aliphatic heterocycles. The fraction of sp³-hybridized carbons (Fsp3) is 0.250. The molecule has 2 aromatic rings. The van der Waals surface area contributed by atoms with Gasteiger partial charge in [0.05, 0.1) is 0 Å². The molecule has 1 aromatic carbocycles. The van der Waals surface area contributed by atoms with Crippen LogP contribution in [0.25, 0.3) is 0 Å². The number of carbonyl (C=O) groups is 1. The van der Waals surface area contributed by atoms with Crippen molar-refractivity contribution >= 4 is 17.6 Å². The van der Waals surface area contributed by atoms with Gasteiger partial charge in [-0.25, -0.2) is 4.79 Å². The van der Waals surface area contributed by atoms with Crippen LogP contribution in [0.3, 0.4) is 0 Å². The van der Waals surface area contributed by atoms with Crippen LogP contribution in [-0.4, -0.2) is 6.03 Å². The second-order valence-electron chi connectivity index (χ2n) is 4.97. The van der Waals surface area contributed by atoms with E-state index < -0.39 is 6.03 Å². The number of anilines is 2. The molecule has 0 bridgehead atoms. The molecule has 0 radical (unpaired) electrons. The second kappa shape index (κ2) is 5.71. The lowest BCUT2D eigenvalue weighted by molar-refractivity contribution is 0.261. The van der Waals surface area contributed by atoms with Crippen molar-refractivity contribution in [2.75, 3.05) is 10.6 Å². The zero-order chi connectivity index (χ0) is 14.7. The summed E-state index contributed by atoms with van der Waals surface area (Å²) in [4.78, 5) is 12.0. The number of nitrogens with zero attached hydrogens (tertiary/aromatic N) is 1. The van der Waals surface area contributed by atoms with Crippen molar-refractivity contribution in [2.45, 2.75) is 25.7 Å². The Labute approximate surface area is 122 Å². The van der Waals surface area contributed by atoms with Gasteiger partial charge in [-0.2, -0.15) is 5.26 Å². The maximum Gasteiger partial charge on any atom is 0.326 e. The molecular weight excluding hydrogens is 266 g/mol. The Balaban J connectivity index is 1.77. The van der Waals surface area contributed by atoms with Crippen molar-refractivity contribution < 1.29 is 9.21 Å². The lowest BCUT2D eigenvalue weighted by Crippen LogP contribution is -2.19. The third-order valence-corrected chi connectivity index (χ3v) is 3.54. The normalized spacial score (nSPS) is 13.1. The molecule has 0 atom stereocenters. The summed E-state index contributed by atoms with van der Waals surface area (Å²) in [6.45, 7) is 0. The number of benzene rings is 1. The SMILES string of the molecule is N#Cc1c(NC(=O)Nc2ccccc2)oc2c1CCCC2. The number of hydrogen-bond acceptors (Lipinski definition) is 3. The third kappa shape index (κ3) is 2.75. The van der Waals surface area contributed by atoms with Crippen molar-refractivity contribution in [1.29, 1.82) is 5.26 Å². The van der Waals surface area contributed by atoms with E-state index in [1.165, 1.54) is 0 Å². The highest BCUT2D eigenvalue weighted by atomic mass is 16.4. The Hall–Kier alpha value is -2.74. The molecular formula is C16H15N3O2. The van der Waals surface area contributed by atoms with E-state index in [4.69, 9.17) is 4.42 Å². The molecule has 21 heavy (non-hydrogen) atoms. The lowest BCUT2D eigenvalue weighted by Gasteiger charge is -2.07. The van der Waals surface area contributed by atoms with E-state index in [1.807, 2.05) is 18.2 Å². The lowest BCUT2D eigenvalue weighted by atomic mass is 9.96. The highest BCUT2D eigenvalue weighted by molar-refractivity contribution is 5.99. The van der Waals surface area contributed by atoms with Crippen LogP contribution in [0.4, 0.5) is 16.4 Å². The van der Waals surface area contributed by atoms with Crippen LogP contribution >= 0.6 is 0 Å². The molecule has 0 saturated heterocycles. The van der Waals surface area contributed by atoms with Gasteiger partial charge in [-0.05, 0) is 31.4 Å². The highest BCUT2D eigenvalue weighted by Gasteiger charge is 2.23. The van der Waals surface area contributed by atoms with E-state index in [0.29, 0.717) is 11.3 Å². The molecule has 5 heteroatoms. The van der Waals surface area contributed by atoms with Gasteiger partial charge in [-0.3, -0.25) is 5.32 Å². The summed E-state index contributed by atoms with van der Waals surface area (Å²) in [6, 6.07) is 10.8. The number of urea groups is 1. The average molecular weight is 281 g/mol. The van der Waals surface area contributed by atoms with Crippen molar-refractivity contribution in [3.8, 4) is 6.07 Å². The Morgan fingerprint density at radius 1 is 1.14 bits per heavy atom. The fourth-order valence-corrected chi connectivity index (χ4v) is 2.56. The first-order valence-electron chi connectivity index (χ1n) is 6.95. The van der Waals surface area contributed by atoms with Gasteiger partial charge in [-0.1, -0.05) is 18.2 Å². The monoisotopic (exact) mass is 281 g/mol. The minimum Gasteiger partial charge on any atom is -0.443 e. The number of carbonyl (C=O) groups excluding carboxylic acids is 1. The number of nitrogens with one attached hydrogen (secondary N) is 2. The third-order valence-electron chi connectivity index (χ3n) is 3.54. The Morgan fingerprint density at radius 2 is 1.90 bits per heavy atom. The topological polar surface area (TPSA) is 78.1 Å². The summed E-state index contributed by atoms with van der Waals surface area (Å²) in [5, 5.41) is 14.6. The number of furan rings is 1. The standard InChI is InChI=1S/C16H15N3O2/c17-10-13-12-8-4-5-9-14(12)21-15(13)19-16(20)18-11-6-2-1-3-7-11/h1-3,6-7H,4-5,8-9H2,(H2,18,19,20). The van der Waals surface area contributed by atoms with Gasteiger partial charge >= 0.3 is 6.03 Å². The molecule has 1 aliphatic rings. The smallest absolute Gasteiger partial charge is 0.326 e. The fourth-order valence-electron chi connectivity index (χ4n) is 2.56. The molecule has 0 saturated carbocycles. The van der Waals surface area contributed by atoms with E-state index in [-0.39, 0.29) is 5.88 Å². The van der Waals surface area contributed by atoms with E-state index >= 15 is 0 Å². The summed E-state index contributed by atoms with van der Waals surface area (Å²) < 4.78 is 5.64. The second-order valence-corrected chi connectivity index (χ2v) is 4.97. The van der Waals surface area contributed by atoms with Crippen LogP contribution < -0.4 is 10.6 Å². The molecule has 0 fully saturated rings. The minimum atomic E-state index is -0.413. The summed E-state index contributed by atoms with van der Waals surface area (Å²) in [7, 11) is 0. The maximum absolute atomic E-state index is 12.0. The number of nitriles is 1. The Bertz CT molecular complexity index is 698. The molecule has 1 heterocycles. The number of hydrogen-bond donors (Lipinski definition) is 2. The summed E-state index contributed by atoms with van der Waals surface area (Å²) in [6.07, 6.45) is 3.77. The zero-order valence-corrected chi connectivity index (χ0v) is 11.5. The van der Waals surface area contributed by atoms with Crippen molar-refractivity contribution in [1.82, 2.24) is 0 Å². The largest absolute Gasteiger partial charge is 0.443 e.